The molecule has 5 nitrogen and oxygen atoms in total. The summed E-state index contributed by atoms with van der Waals surface area (Å²) < 4.78 is 5.54. The summed E-state index contributed by atoms with van der Waals surface area (Å²) in [5.41, 5.74) is 2.02. The van der Waals surface area contributed by atoms with E-state index >= 15 is 0 Å². The van der Waals surface area contributed by atoms with Gasteiger partial charge in [0.1, 0.15) is 0 Å². The second kappa shape index (κ2) is 6.32. The molecule has 1 heterocycles. The summed E-state index contributed by atoms with van der Waals surface area (Å²) in [6.07, 6.45) is 0.499. The van der Waals surface area contributed by atoms with E-state index in [1.54, 1.807) is 0 Å². The molecule has 0 radical (unpaired) electrons. The Balaban J connectivity index is 1.97. The van der Waals surface area contributed by atoms with Crippen LogP contribution in [0.1, 0.15) is 31.7 Å². The minimum atomic E-state index is -0.00435. The maximum Gasteiger partial charge on any atom is 0.247 e. The van der Waals surface area contributed by atoms with E-state index in [0.717, 1.165) is 11.1 Å². The van der Waals surface area contributed by atoms with E-state index in [1.165, 1.54) is 0 Å². The van der Waals surface area contributed by atoms with Crippen molar-refractivity contribution in [3.8, 4) is 11.5 Å². The lowest BCUT2D eigenvalue weighted by Crippen LogP contribution is -2.24. The Labute approximate surface area is 118 Å². The molecular weight excluding hydrogens is 254 g/mol. The predicted molar refractivity (Wildman–Crippen MR) is 75.8 cm³/mol. The van der Waals surface area contributed by atoms with Crippen LogP contribution >= 0.6 is 0 Å². The molecule has 0 aliphatic carbocycles. The van der Waals surface area contributed by atoms with Gasteiger partial charge in [0.05, 0.1) is 6.54 Å². The van der Waals surface area contributed by atoms with Gasteiger partial charge in [-0.05, 0) is 25.0 Å². The fourth-order valence-electron chi connectivity index (χ4n) is 1.84. The zero-order valence-corrected chi connectivity index (χ0v) is 12.0. The van der Waals surface area contributed by atoms with Crippen LogP contribution in [0.5, 0.6) is 0 Å². The number of amides is 1. The number of nitrogens with zero attached hydrogens (tertiary/aromatic N) is 2. The van der Waals surface area contributed by atoms with Crippen molar-refractivity contribution in [1.29, 1.82) is 0 Å². The first-order valence-electron chi connectivity index (χ1n) is 6.70. The van der Waals surface area contributed by atoms with Gasteiger partial charge < -0.3 is 9.73 Å². The third-order valence-corrected chi connectivity index (χ3v) is 2.76. The lowest BCUT2D eigenvalue weighted by Gasteiger charge is -2.04. The Bertz CT molecular complexity index is 590. The number of nitrogens with one attached hydrogen (secondary N) is 1. The largest absolute Gasteiger partial charge is 0.419 e. The first-order chi connectivity index (χ1) is 9.54. The molecule has 0 bridgehead atoms. The summed E-state index contributed by atoms with van der Waals surface area (Å²) in [7, 11) is 0. The lowest BCUT2D eigenvalue weighted by atomic mass is 10.1. The van der Waals surface area contributed by atoms with Crippen LogP contribution in [0.4, 0.5) is 0 Å². The number of hydrogen-bond acceptors (Lipinski definition) is 4. The smallest absolute Gasteiger partial charge is 0.247 e. The summed E-state index contributed by atoms with van der Waals surface area (Å²) in [4.78, 5) is 11.5. The molecule has 5 heteroatoms. The molecule has 1 amide bonds. The second-order valence-corrected chi connectivity index (χ2v) is 5.25. The van der Waals surface area contributed by atoms with Gasteiger partial charge in [-0.2, -0.15) is 0 Å². The van der Waals surface area contributed by atoms with Crippen LogP contribution < -0.4 is 5.32 Å². The molecular formula is C15H19N3O2. The summed E-state index contributed by atoms with van der Waals surface area (Å²) >= 11 is 0. The number of carbonyl (C=O) groups is 1. The molecule has 2 aromatic rings. The van der Waals surface area contributed by atoms with Crippen molar-refractivity contribution in [2.75, 3.05) is 0 Å². The summed E-state index contributed by atoms with van der Waals surface area (Å²) in [5, 5.41) is 10.7. The molecule has 1 aromatic carbocycles. The van der Waals surface area contributed by atoms with Crippen LogP contribution in [-0.4, -0.2) is 16.1 Å². The minimum absolute atomic E-state index is 0.00435. The Hall–Kier alpha value is -2.17. The van der Waals surface area contributed by atoms with Gasteiger partial charge in [-0.15, -0.1) is 10.2 Å². The fraction of sp³-hybridized carbons (Fsp3) is 0.400. The molecule has 0 fully saturated rings. The summed E-state index contributed by atoms with van der Waals surface area (Å²) in [6.45, 7) is 6.28. The van der Waals surface area contributed by atoms with Crippen LogP contribution in [0, 0.1) is 12.8 Å². The molecule has 0 unspecified atom stereocenters. The van der Waals surface area contributed by atoms with Crippen molar-refractivity contribution >= 4 is 5.91 Å². The molecule has 0 saturated heterocycles. The van der Waals surface area contributed by atoms with Crippen molar-refractivity contribution in [3.05, 3.63) is 35.7 Å². The monoisotopic (exact) mass is 273 g/mol. The minimum Gasteiger partial charge on any atom is -0.419 e. The predicted octanol–water partition coefficient (Wildman–Crippen LogP) is 2.71. The molecule has 106 valence electrons. The highest BCUT2D eigenvalue weighted by atomic mass is 16.4. The molecule has 20 heavy (non-hydrogen) atoms. The van der Waals surface area contributed by atoms with Crippen LogP contribution in [0.2, 0.25) is 0 Å². The highest BCUT2D eigenvalue weighted by Crippen LogP contribution is 2.18. The number of hydrogen-bond donors (Lipinski definition) is 1. The first kappa shape index (κ1) is 14.2. The zero-order chi connectivity index (χ0) is 14.5. The van der Waals surface area contributed by atoms with Gasteiger partial charge in [-0.25, -0.2) is 0 Å². The quantitative estimate of drug-likeness (QED) is 0.909. The van der Waals surface area contributed by atoms with E-state index in [4.69, 9.17) is 4.42 Å². The molecule has 0 spiro atoms. The van der Waals surface area contributed by atoms with Crippen LogP contribution in [0.25, 0.3) is 11.5 Å². The Kier molecular flexibility index (Phi) is 4.50. The number of carbonyl (C=O) groups excluding carboxylic acids is 1. The number of aromatic nitrogens is 2. The number of aryl methyl sites for hydroxylation is 1. The average molecular weight is 273 g/mol. The molecule has 1 aromatic heterocycles. The number of rotatable bonds is 5. The Morgan fingerprint density at radius 2 is 2.15 bits per heavy atom. The van der Waals surface area contributed by atoms with E-state index in [2.05, 4.69) is 15.5 Å². The van der Waals surface area contributed by atoms with Gasteiger partial charge in [-0.1, -0.05) is 31.5 Å². The van der Waals surface area contributed by atoms with Gasteiger partial charge in [0.2, 0.25) is 17.7 Å². The highest BCUT2D eigenvalue weighted by molar-refractivity contribution is 5.75. The van der Waals surface area contributed by atoms with E-state index in [9.17, 15) is 4.79 Å². The van der Waals surface area contributed by atoms with Gasteiger partial charge >= 0.3 is 0 Å². The van der Waals surface area contributed by atoms with E-state index in [1.807, 2.05) is 45.0 Å². The Morgan fingerprint density at radius 3 is 2.85 bits per heavy atom. The third-order valence-electron chi connectivity index (χ3n) is 2.76. The molecule has 0 aliphatic rings. The van der Waals surface area contributed by atoms with Crippen molar-refractivity contribution in [1.82, 2.24) is 15.5 Å². The van der Waals surface area contributed by atoms with Gasteiger partial charge in [0.25, 0.3) is 0 Å². The topological polar surface area (TPSA) is 68.0 Å². The van der Waals surface area contributed by atoms with Gasteiger partial charge in [0.15, 0.2) is 0 Å². The van der Waals surface area contributed by atoms with E-state index in [0.29, 0.717) is 24.1 Å². The van der Waals surface area contributed by atoms with Crippen molar-refractivity contribution in [3.63, 3.8) is 0 Å². The zero-order valence-electron chi connectivity index (χ0n) is 12.0. The molecule has 0 atom stereocenters. The van der Waals surface area contributed by atoms with Crippen LogP contribution in [-0.2, 0) is 11.3 Å². The van der Waals surface area contributed by atoms with Crippen molar-refractivity contribution in [2.45, 2.75) is 33.7 Å². The number of benzene rings is 1. The van der Waals surface area contributed by atoms with Crippen molar-refractivity contribution < 1.29 is 9.21 Å². The highest BCUT2D eigenvalue weighted by Gasteiger charge is 2.10. The standard InChI is InChI=1S/C15H19N3O2/c1-10(2)7-13(19)16-9-14-17-18-15(20-14)12-6-4-5-11(3)8-12/h4-6,8,10H,7,9H2,1-3H3,(H,16,19). The van der Waals surface area contributed by atoms with Gasteiger partial charge in [0, 0.05) is 12.0 Å². The van der Waals surface area contributed by atoms with E-state index in [-0.39, 0.29) is 12.5 Å². The van der Waals surface area contributed by atoms with Crippen LogP contribution in [0.15, 0.2) is 28.7 Å². The average Bonchev–Trinajstić information content (AvgIpc) is 2.84. The summed E-state index contributed by atoms with van der Waals surface area (Å²) in [5.74, 6) is 1.22. The Morgan fingerprint density at radius 1 is 1.35 bits per heavy atom. The lowest BCUT2D eigenvalue weighted by molar-refractivity contribution is -0.122. The van der Waals surface area contributed by atoms with Crippen LogP contribution in [0.3, 0.4) is 0 Å². The summed E-state index contributed by atoms with van der Waals surface area (Å²) in [6, 6.07) is 7.85. The molecule has 1 N–H and O–H groups in total. The normalized spacial score (nSPS) is 10.8. The van der Waals surface area contributed by atoms with Crippen molar-refractivity contribution in [2.24, 2.45) is 5.92 Å². The van der Waals surface area contributed by atoms with Gasteiger partial charge in [-0.3, -0.25) is 4.79 Å². The molecule has 0 aliphatic heterocycles. The second-order valence-electron chi connectivity index (χ2n) is 5.25. The fourth-order valence-corrected chi connectivity index (χ4v) is 1.84. The van der Waals surface area contributed by atoms with E-state index < -0.39 is 0 Å². The maximum atomic E-state index is 11.5. The third kappa shape index (κ3) is 3.91. The SMILES string of the molecule is Cc1cccc(-c2nnc(CNC(=O)CC(C)C)o2)c1. The first-order valence-corrected chi connectivity index (χ1v) is 6.70. The molecule has 2 rings (SSSR count). The molecule has 0 saturated carbocycles. The maximum absolute atomic E-state index is 11.5.